The molecule has 0 spiro atoms. The zero-order valence-corrected chi connectivity index (χ0v) is 18.8. The lowest BCUT2D eigenvalue weighted by Crippen LogP contribution is -2.32. The fraction of sp³-hybridized carbons (Fsp3) is 0.375. The van der Waals surface area contributed by atoms with Gasteiger partial charge in [0.2, 0.25) is 5.91 Å². The summed E-state index contributed by atoms with van der Waals surface area (Å²) in [5, 5.41) is 10.9. The Morgan fingerprint density at radius 2 is 2.03 bits per heavy atom. The highest BCUT2D eigenvalue weighted by molar-refractivity contribution is 6.02. The molecular formula is C24H30N6O2. The molecule has 2 amide bonds. The van der Waals surface area contributed by atoms with Crippen molar-refractivity contribution in [3.63, 3.8) is 0 Å². The molecule has 4 N–H and O–H groups in total. The van der Waals surface area contributed by atoms with Gasteiger partial charge in [0.1, 0.15) is 0 Å². The molecule has 3 aromatic rings. The first-order valence-electron chi connectivity index (χ1n) is 10.9. The van der Waals surface area contributed by atoms with E-state index in [9.17, 15) is 9.59 Å². The zero-order valence-electron chi connectivity index (χ0n) is 18.8. The van der Waals surface area contributed by atoms with Crippen LogP contribution < -0.4 is 16.4 Å². The van der Waals surface area contributed by atoms with Crippen molar-refractivity contribution in [1.29, 1.82) is 0 Å². The zero-order chi connectivity index (χ0) is 22.8. The van der Waals surface area contributed by atoms with Gasteiger partial charge in [-0.1, -0.05) is 18.2 Å². The van der Waals surface area contributed by atoms with Crippen molar-refractivity contribution in [2.45, 2.75) is 32.4 Å². The molecule has 0 radical (unpaired) electrons. The summed E-state index contributed by atoms with van der Waals surface area (Å²) in [6.45, 7) is 2.95. The van der Waals surface area contributed by atoms with Crippen LogP contribution in [0.1, 0.15) is 35.7 Å². The highest BCUT2D eigenvalue weighted by Crippen LogP contribution is 2.36. The second-order valence-corrected chi connectivity index (χ2v) is 8.84. The van der Waals surface area contributed by atoms with Gasteiger partial charge in [0.15, 0.2) is 0 Å². The number of aromatic nitrogens is 2. The van der Waals surface area contributed by atoms with Crippen molar-refractivity contribution in [3.05, 3.63) is 53.9 Å². The lowest BCUT2D eigenvalue weighted by Gasteiger charge is -2.17. The van der Waals surface area contributed by atoms with Gasteiger partial charge in [0.25, 0.3) is 5.91 Å². The average molecular weight is 435 g/mol. The molecule has 8 nitrogen and oxygen atoms in total. The number of nitrogens with one attached hydrogen (secondary N) is 2. The van der Waals surface area contributed by atoms with E-state index in [0.717, 1.165) is 27.9 Å². The molecular weight excluding hydrogens is 404 g/mol. The maximum atomic E-state index is 12.0. The molecule has 2 aromatic heterocycles. The third-order valence-electron chi connectivity index (χ3n) is 5.81. The Kier molecular flexibility index (Phi) is 6.14. The van der Waals surface area contributed by atoms with E-state index in [1.54, 1.807) is 4.52 Å². The van der Waals surface area contributed by atoms with Gasteiger partial charge in [-0.25, -0.2) is 4.52 Å². The van der Waals surface area contributed by atoms with Gasteiger partial charge in [0.05, 0.1) is 29.5 Å². The third-order valence-corrected chi connectivity index (χ3v) is 5.81. The van der Waals surface area contributed by atoms with E-state index in [2.05, 4.69) is 28.7 Å². The fourth-order valence-electron chi connectivity index (χ4n) is 3.90. The number of amides is 2. The number of nitrogens with zero attached hydrogens (tertiary/aromatic N) is 3. The third kappa shape index (κ3) is 4.91. The first-order chi connectivity index (χ1) is 15.3. The number of carbonyl (C=O) groups excluding carboxylic acids is 2. The van der Waals surface area contributed by atoms with Crippen LogP contribution in [0.15, 0.2) is 42.7 Å². The Labute approximate surface area is 187 Å². The van der Waals surface area contributed by atoms with E-state index in [-0.39, 0.29) is 11.9 Å². The van der Waals surface area contributed by atoms with Gasteiger partial charge in [-0.3, -0.25) is 9.59 Å². The summed E-state index contributed by atoms with van der Waals surface area (Å²) in [4.78, 5) is 25.8. The molecule has 4 rings (SSSR count). The van der Waals surface area contributed by atoms with Crippen LogP contribution in [-0.4, -0.2) is 53.0 Å². The van der Waals surface area contributed by atoms with Crippen LogP contribution in [0.5, 0.6) is 0 Å². The van der Waals surface area contributed by atoms with Crippen LogP contribution in [0.25, 0.3) is 16.6 Å². The molecule has 1 unspecified atom stereocenters. The second kappa shape index (κ2) is 9.00. The minimum atomic E-state index is -0.497. The molecule has 2 heterocycles. The van der Waals surface area contributed by atoms with Crippen molar-refractivity contribution < 1.29 is 9.59 Å². The Hall–Kier alpha value is -3.39. The monoisotopic (exact) mass is 434 g/mol. The molecule has 1 aromatic carbocycles. The highest BCUT2D eigenvalue weighted by Gasteiger charge is 2.29. The van der Waals surface area contributed by atoms with Crippen molar-refractivity contribution in [2.75, 3.05) is 26.0 Å². The normalized spacial score (nSPS) is 14.5. The molecule has 1 saturated carbocycles. The van der Waals surface area contributed by atoms with Gasteiger partial charge < -0.3 is 21.3 Å². The van der Waals surface area contributed by atoms with Crippen LogP contribution in [-0.2, 0) is 11.3 Å². The number of rotatable bonds is 9. The Bertz CT molecular complexity index is 1150. The van der Waals surface area contributed by atoms with E-state index >= 15 is 0 Å². The number of anilines is 1. The molecule has 0 saturated heterocycles. The molecule has 1 aliphatic rings. The fourth-order valence-corrected chi connectivity index (χ4v) is 3.90. The van der Waals surface area contributed by atoms with Crippen LogP contribution in [0.3, 0.4) is 0 Å². The van der Waals surface area contributed by atoms with E-state index < -0.39 is 5.91 Å². The average Bonchev–Trinajstić information content (AvgIpc) is 3.50. The molecule has 168 valence electrons. The summed E-state index contributed by atoms with van der Waals surface area (Å²) in [6.07, 6.45) is 5.87. The van der Waals surface area contributed by atoms with Crippen LogP contribution in [0.4, 0.5) is 5.69 Å². The summed E-state index contributed by atoms with van der Waals surface area (Å²) < 4.78 is 1.77. The maximum absolute atomic E-state index is 12.0. The number of primary amides is 1. The van der Waals surface area contributed by atoms with Gasteiger partial charge in [-0.05, 0) is 63.0 Å². The Morgan fingerprint density at radius 1 is 1.25 bits per heavy atom. The van der Waals surface area contributed by atoms with Gasteiger partial charge in [-0.15, -0.1) is 0 Å². The summed E-state index contributed by atoms with van der Waals surface area (Å²) in [5.74, 6) is 0.111. The molecule has 0 aliphatic heterocycles. The molecule has 1 fully saturated rings. The molecule has 1 atom stereocenters. The smallest absolute Gasteiger partial charge is 0.252 e. The van der Waals surface area contributed by atoms with Crippen LogP contribution >= 0.6 is 0 Å². The van der Waals surface area contributed by atoms with Gasteiger partial charge in [-0.2, -0.15) is 5.10 Å². The SMILES string of the molecule is CC(Nc1c(C(N)=O)cnn2cc(-c3cccc(CNC(=O)CN(C)C)c3)cc12)C1CC1. The van der Waals surface area contributed by atoms with Crippen molar-refractivity contribution in [2.24, 2.45) is 11.7 Å². The summed E-state index contributed by atoms with van der Waals surface area (Å²) in [5.41, 5.74) is 10.6. The van der Waals surface area contributed by atoms with E-state index in [1.807, 2.05) is 49.5 Å². The lowest BCUT2D eigenvalue weighted by molar-refractivity contribution is -0.121. The topological polar surface area (TPSA) is 105 Å². The number of likely N-dealkylation sites (N-methyl/N-ethyl adjacent to an activating group) is 1. The summed E-state index contributed by atoms with van der Waals surface area (Å²) >= 11 is 0. The number of hydrogen-bond donors (Lipinski definition) is 3. The Morgan fingerprint density at radius 3 is 2.72 bits per heavy atom. The largest absolute Gasteiger partial charge is 0.380 e. The van der Waals surface area contributed by atoms with Crippen molar-refractivity contribution in [3.8, 4) is 11.1 Å². The Balaban J connectivity index is 1.62. The molecule has 1 aliphatic carbocycles. The predicted molar refractivity (Wildman–Crippen MR) is 125 cm³/mol. The van der Waals surface area contributed by atoms with Crippen LogP contribution in [0, 0.1) is 5.92 Å². The number of fused-ring (bicyclic) bond motifs is 1. The molecule has 8 heteroatoms. The number of benzene rings is 1. The first kappa shape index (κ1) is 21.8. The van der Waals surface area contributed by atoms with E-state index in [4.69, 9.17) is 5.73 Å². The highest BCUT2D eigenvalue weighted by atomic mass is 16.2. The van der Waals surface area contributed by atoms with Gasteiger partial charge in [0, 0.05) is 24.3 Å². The second-order valence-electron chi connectivity index (χ2n) is 8.84. The molecule has 32 heavy (non-hydrogen) atoms. The number of nitrogens with two attached hydrogens (primary N) is 1. The molecule has 0 bridgehead atoms. The lowest BCUT2D eigenvalue weighted by atomic mass is 10.1. The maximum Gasteiger partial charge on any atom is 0.252 e. The standard InChI is InChI=1S/C24H30N6O2/c1-15(17-7-8-17)28-23-20(24(25)32)12-27-30-13-19(10-21(23)30)18-6-4-5-16(9-18)11-26-22(31)14-29(2)3/h4-6,9-10,12-13,15,17,28H,7-8,11,14H2,1-3H3,(H2,25,32)(H,26,31). The first-order valence-corrected chi connectivity index (χ1v) is 10.9. The minimum absolute atomic E-state index is 0.0151. The van der Waals surface area contributed by atoms with Crippen molar-refractivity contribution >= 4 is 23.0 Å². The van der Waals surface area contributed by atoms with Crippen LogP contribution in [0.2, 0.25) is 0 Å². The number of hydrogen-bond acceptors (Lipinski definition) is 5. The van der Waals surface area contributed by atoms with Gasteiger partial charge >= 0.3 is 0 Å². The van der Waals surface area contributed by atoms with E-state index in [0.29, 0.717) is 24.6 Å². The van der Waals surface area contributed by atoms with Crippen molar-refractivity contribution in [1.82, 2.24) is 19.8 Å². The quantitative estimate of drug-likeness (QED) is 0.480. The van der Waals surface area contributed by atoms with E-state index in [1.165, 1.54) is 19.0 Å². The summed E-state index contributed by atoms with van der Waals surface area (Å²) in [7, 11) is 3.73. The minimum Gasteiger partial charge on any atom is -0.380 e. The predicted octanol–water partition coefficient (Wildman–Crippen LogP) is 2.49. The number of carbonyl (C=O) groups is 2. The summed E-state index contributed by atoms with van der Waals surface area (Å²) in [6, 6.07) is 10.3.